The smallest absolute Gasteiger partial charge is 0.189 e. The van der Waals surface area contributed by atoms with E-state index in [-0.39, 0.29) is 0 Å². The molecule has 4 nitrogen and oxygen atoms in total. The summed E-state index contributed by atoms with van der Waals surface area (Å²) in [5.74, 6) is 1.18. The molecule has 2 aliphatic heterocycles. The first-order chi connectivity index (χ1) is 11.8. The number of hydrogen-bond donors (Lipinski definition) is 0. The lowest BCUT2D eigenvalue weighted by molar-refractivity contribution is 0.240. The molecule has 0 aliphatic carbocycles. The van der Waals surface area contributed by atoms with Gasteiger partial charge in [-0.05, 0) is 31.1 Å². The molecular formula is C19H23N4S. The third-order valence-corrected chi connectivity index (χ3v) is 5.33. The molecule has 4 rings (SSSR count). The Balaban J connectivity index is 1.59. The molecule has 1 fully saturated rings. The molecule has 1 aromatic carbocycles. The van der Waals surface area contributed by atoms with Crippen LogP contribution in [-0.2, 0) is 19.5 Å². The van der Waals surface area contributed by atoms with Gasteiger partial charge < -0.3 is 4.90 Å². The van der Waals surface area contributed by atoms with Crippen LogP contribution >= 0.6 is 11.8 Å². The van der Waals surface area contributed by atoms with E-state index in [0.29, 0.717) is 0 Å². The second-order valence-corrected chi connectivity index (χ2v) is 7.20. The summed E-state index contributed by atoms with van der Waals surface area (Å²) in [4.78, 5) is 14.6. The quantitative estimate of drug-likeness (QED) is 0.631. The second-order valence-electron chi connectivity index (χ2n) is 6.43. The summed E-state index contributed by atoms with van der Waals surface area (Å²) < 4.78 is 0. The molecule has 1 radical (unpaired) electrons. The minimum absolute atomic E-state index is 0.900. The van der Waals surface area contributed by atoms with Gasteiger partial charge in [-0.3, -0.25) is 4.90 Å². The number of thioether (sulfide) groups is 1. The third-order valence-electron chi connectivity index (χ3n) is 4.79. The second kappa shape index (κ2) is 7.11. The van der Waals surface area contributed by atoms with Crippen molar-refractivity contribution >= 4 is 17.6 Å². The monoisotopic (exact) mass is 339 g/mol. The lowest BCUT2D eigenvalue weighted by Crippen LogP contribution is -2.33. The Morgan fingerprint density at radius 1 is 1.12 bits per heavy atom. The predicted molar refractivity (Wildman–Crippen MR) is 99.2 cm³/mol. The van der Waals surface area contributed by atoms with Crippen molar-refractivity contribution in [3.63, 3.8) is 0 Å². The van der Waals surface area contributed by atoms with Crippen LogP contribution in [0.2, 0.25) is 0 Å². The Morgan fingerprint density at radius 3 is 2.75 bits per heavy atom. The predicted octanol–water partition coefficient (Wildman–Crippen LogP) is 3.17. The zero-order valence-corrected chi connectivity index (χ0v) is 14.9. The SMILES string of the molecule is CSc1nc2c(c(N3C[CH]CC3)n1)CCN(Cc1ccccc1)C2. The minimum atomic E-state index is 0.900. The van der Waals surface area contributed by atoms with Crippen LogP contribution in [-0.4, -0.2) is 40.8 Å². The highest BCUT2D eigenvalue weighted by molar-refractivity contribution is 7.98. The molecule has 2 aromatic rings. The molecule has 5 heteroatoms. The van der Waals surface area contributed by atoms with Gasteiger partial charge in [0, 0.05) is 38.3 Å². The van der Waals surface area contributed by atoms with Crippen molar-refractivity contribution in [2.75, 3.05) is 30.8 Å². The van der Waals surface area contributed by atoms with E-state index in [0.717, 1.165) is 50.7 Å². The van der Waals surface area contributed by atoms with Crippen LogP contribution < -0.4 is 4.90 Å². The van der Waals surface area contributed by atoms with Gasteiger partial charge in [-0.25, -0.2) is 9.97 Å². The average molecular weight is 339 g/mol. The molecule has 1 aromatic heterocycles. The maximum atomic E-state index is 4.83. The van der Waals surface area contributed by atoms with Crippen LogP contribution in [0, 0.1) is 6.42 Å². The van der Waals surface area contributed by atoms with E-state index in [1.807, 2.05) is 0 Å². The fourth-order valence-corrected chi connectivity index (χ4v) is 3.93. The van der Waals surface area contributed by atoms with Crippen molar-refractivity contribution in [2.24, 2.45) is 0 Å². The van der Waals surface area contributed by atoms with Gasteiger partial charge in [-0.15, -0.1) is 0 Å². The van der Waals surface area contributed by atoms with Crippen molar-refractivity contribution in [3.8, 4) is 0 Å². The number of rotatable bonds is 4. The summed E-state index contributed by atoms with van der Waals surface area (Å²) >= 11 is 1.64. The molecule has 3 heterocycles. The number of anilines is 1. The third kappa shape index (κ3) is 3.28. The fourth-order valence-electron chi connectivity index (χ4n) is 3.55. The van der Waals surface area contributed by atoms with Gasteiger partial charge in [0.1, 0.15) is 5.82 Å². The lowest BCUT2D eigenvalue weighted by Gasteiger charge is -2.31. The molecule has 0 amide bonds. The molecule has 125 valence electrons. The van der Waals surface area contributed by atoms with Crippen molar-refractivity contribution in [2.45, 2.75) is 31.1 Å². The van der Waals surface area contributed by atoms with Crippen LogP contribution in [0.25, 0.3) is 0 Å². The van der Waals surface area contributed by atoms with Crippen LogP contribution in [0.4, 0.5) is 5.82 Å². The fraction of sp³-hybridized carbons (Fsp3) is 0.421. The molecular weight excluding hydrogens is 316 g/mol. The van der Waals surface area contributed by atoms with E-state index in [2.05, 4.69) is 52.8 Å². The number of nitrogens with zero attached hydrogens (tertiary/aromatic N) is 4. The molecule has 0 unspecified atom stereocenters. The normalized spacial score (nSPS) is 18.0. The van der Waals surface area contributed by atoms with Gasteiger partial charge in [-0.1, -0.05) is 42.1 Å². The number of benzene rings is 1. The van der Waals surface area contributed by atoms with Crippen LogP contribution in [0.15, 0.2) is 35.5 Å². The maximum Gasteiger partial charge on any atom is 0.189 e. The van der Waals surface area contributed by atoms with Crippen molar-refractivity contribution in [3.05, 3.63) is 53.6 Å². The summed E-state index contributed by atoms with van der Waals surface area (Å²) in [7, 11) is 0. The highest BCUT2D eigenvalue weighted by Gasteiger charge is 2.26. The molecule has 0 spiro atoms. The van der Waals surface area contributed by atoms with E-state index in [1.54, 1.807) is 11.8 Å². The van der Waals surface area contributed by atoms with Gasteiger partial charge >= 0.3 is 0 Å². The maximum absolute atomic E-state index is 4.83. The van der Waals surface area contributed by atoms with E-state index < -0.39 is 0 Å². The average Bonchev–Trinajstić information content (AvgIpc) is 3.16. The molecule has 0 bridgehead atoms. The van der Waals surface area contributed by atoms with E-state index in [1.165, 1.54) is 22.6 Å². The zero-order valence-electron chi connectivity index (χ0n) is 14.1. The molecule has 2 aliphatic rings. The Bertz CT molecular complexity index is 698. The van der Waals surface area contributed by atoms with E-state index >= 15 is 0 Å². The Morgan fingerprint density at radius 2 is 2.00 bits per heavy atom. The Labute approximate surface area is 148 Å². The van der Waals surface area contributed by atoms with Gasteiger partial charge in [-0.2, -0.15) is 0 Å². The first-order valence-electron chi connectivity index (χ1n) is 8.60. The van der Waals surface area contributed by atoms with Crippen molar-refractivity contribution in [1.29, 1.82) is 0 Å². The molecule has 0 N–H and O–H groups in total. The van der Waals surface area contributed by atoms with Crippen LogP contribution in [0.3, 0.4) is 0 Å². The van der Waals surface area contributed by atoms with Crippen LogP contribution in [0.5, 0.6) is 0 Å². The van der Waals surface area contributed by atoms with Crippen molar-refractivity contribution in [1.82, 2.24) is 14.9 Å². The summed E-state index contributed by atoms with van der Waals surface area (Å²) in [5.41, 5.74) is 3.96. The number of fused-ring (bicyclic) bond motifs is 1. The zero-order chi connectivity index (χ0) is 16.4. The van der Waals surface area contributed by atoms with Gasteiger partial charge in [0.2, 0.25) is 0 Å². The summed E-state index contributed by atoms with van der Waals surface area (Å²) in [5, 5.41) is 0.900. The van der Waals surface area contributed by atoms with Gasteiger partial charge in [0.05, 0.1) is 5.69 Å². The summed E-state index contributed by atoms with van der Waals surface area (Å²) in [6.07, 6.45) is 6.61. The van der Waals surface area contributed by atoms with E-state index in [4.69, 9.17) is 9.97 Å². The van der Waals surface area contributed by atoms with Gasteiger partial charge in [0.15, 0.2) is 5.16 Å². The highest BCUT2D eigenvalue weighted by Crippen LogP contribution is 2.30. The Kier molecular flexibility index (Phi) is 4.72. The minimum Gasteiger partial charge on any atom is -0.356 e. The topological polar surface area (TPSA) is 32.3 Å². The highest BCUT2D eigenvalue weighted by atomic mass is 32.2. The molecule has 0 saturated carbocycles. The number of hydrogen-bond acceptors (Lipinski definition) is 5. The molecule has 24 heavy (non-hydrogen) atoms. The van der Waals surface area contributed by atoms with E-state index in [9.17, 15) is 0 Å². The largest absolute Gasteiger partial charge is 0.356 e. The standard InChI is InChI=1S/C19H23N4S/c1-24-19-20-17-14-22(13-15-7-3-2-4-8-15)12-9-16(17)18(21-19)23-10-5-6-11-23/h2-5,7-8H,6,9-14H2,1H3. The number of aromatic nitrogens is 2. The lowest BCUT2D eigenvalue weighted by atomic mass is 10.0. The van der Waals surface area contributed by atoms with Gasteiger partial charge in [0.25, 0.3) is 0 Å². The first-order valence-corrected chi connectivity index (χ1v) is 9.82. The van der Waals surface area contributed by atoms with Crippen LogP contribution in [0.1, 0.15) is 23.2 Å². The molecule has 0 atom stereocenters. The summed E-state index contributed by atoms with van der Waals surface area (Å²) in [6, 6.07) is 10.7. The van der Waals surface area contributed by atoms with Crippen molar-refractivity contribution < 1.29 is 0 Å². The first kappa shape index (κ1) is 15.9. The Hall–Kier alpha value is -1.59. The molecule has 1 saturated heterocycles. The summed E-state index contributed by atoms with van der Waals surface area (Å²) in [6.45, 7) is 5.10.